The lowest BCUT2D eigenvalue weighted by molar-refractivity contribution is 0.516. The molecule has 1 saturated heterocycles. The van der Waals surface area contributed by atoms with Crippen LogP contribution in [0, 0.1) is 6.92 Å². The molecule has 0 aliphatic carbocycles. The van der Waals surface area contributed by atoms with Gasteiger partial charge in [-0.1, -0.05) is 18.5 Å². The minimum atomic E-state index is 0.457. The molecule has 1 aromatic rings. The van der Waals surface area contributed by atoms with Crippen LogP contribution in [-0.2, 0) is 13.5 Å². The van der Waals surface area contributed by atoms with E-state index in [0.29, 0.717) is 11.3 Å². The summed E-state index contributed by atoms with van der Waals surface area (Å²) in [7, 11) is 3.98. The first-order chi connectivity index (χ1) is 9.58. The Kier molecular flexibility index (Phi) is 6.14. The lowest BCUT2D eigenvalue weighted by Gasteiger charge is -2.36. The highest BCUT2D eigenvalue weighted by molar-refractivity contribution is 8.07. The van der Waals surface area contributed by atoms with Gasteiger partial charge in [0.2, 0.25) is 0 Å². The van der Waals surface area contributed by atoms with Crippen molar-refractivity contribution in [3.63, 3.8) is 0 Å². The smallest absolute Gasteiger partial charge is 0.130 e. The first-order valence-electron chi connectivity index (χ1n) is 7.16. The van der Waals surface area contributed by atoms with Crippen molar-refractivity contribution in [1.82, 2.24) is 15.1 Å². The number of aryl methyl sites for hydroxylation is 2. The Morgan fingerprint density at radius 2 is 2.15 bits per heavy atom. The highest BCUT2D eigenvalue weighted by atomic mass is 35.5. The first-order valence-corrected chi connectivity index (χ1v) is 9.64. The molecule has 3 unspecified atom stereocenters. The van der Waals surface area contributed by atoms with Crippen LogP contribution in [0.25, 0.3) is 0 Å². The number of halogens is 1. The van der Waals surface area contributed by atoms with E-state index in [1.165, 1.54) is 23.5 Å². The molecular formula is C14H24ClN3S2. The third-order valence-electron chi connectivity index (χ3n) is 3.96. The molecule has 0 bridgehead atoms. The Bertz CT molecular complexity index is 450. The van der Waals surface area contributed by atoms with Crippen molar-refractivity contribution >= 4 is 35.1 Å². The fourth-order valence-corrected chi connectivity index (χ4v) is 6.37. The van der Waals surface area contributed by atoms with Gasteiger partial charge in [0.25, 0.3) is 0 Å². The van der Waals surface area contributed by atoms with E-state index >= 15 is 0 Å². The number of likely N-dealkylation sites (N-methyl/N-ethyl adjacent to an activating group) is 1. The Labute approximate surface area is 135 Å². The summed E-state index contributed by atoms with van der Waals surface area (Å²) in [4.78, 5) is 0. The largest absolute Gasteiger partial charge is 0.316 e. The van der Waals surface area contributed by atoms with Gasteiger partial charge in [0.1, 0.15) is 5.15 Å². The van der Waals surface area contributed by atoms with Gasteiger partial charge in [-0.3, -0.25) is 4.68 Å². The van der Waals surface area contributed by atoms with E-state index in [-0.39, 0.29) is 0 Å². The van der Waals surface area contributed by atoms with Crippen molar-refractivity contribution in [2.24, 2.45) is 7.05 Å². The quantitative estimate of drug-likeness (QED) is 0.896. The molecule has 0 radical (unpaired) electrons. The van der Waals surface area contributed by atoms with E-state index in [0.717, 1.165) is 22.5 Å². The lowest BCUT2D eigenvalue weighted by Crippen LogP contribution is -2.45. The Balaban J connectivity index is 2.15. The van der Waals surface area contributed by atoms with Crippen molar-refractivity contribution in [3.05, 3.63) is 16.4 Å². The van der Waals surface area contributed by atoms with E-state index in [2.05, 4.69) is 47.9 Å². The van der Waals surface area contributed by atoms with Gasteiger partial charge in [0.15, 0.2) is 0 Å². The average Bonchev–Trinajstić information content (AvgIpc) is 2.70. The Morgan fingerprint density at radius 1 is 1.45 bits per heavy atom. The molecule has 114 valence electrons. The Hall–Kier alpha value is 0.160. The summed E-state index contributed by atoms with van der Waals surface area (Å²) in [5.41, 5.74) is 2.25. The van der Waals surface area contributed by atoms with Crippen LogP contribution in [0.15, 0.2) is 0 Å². The molecule has 2 rings (SSSR count). The fourth-order valence-electron chi connectivity index (χ4n) is 2.82. The second kappa shape index (κ2) is 7.43. The standard InChI is InChI=1S/C14H24ClN3S2/c1-5-12-13(20-7-6-19-12)11(16-3)8-10-9(2)17-18(4)14(10)15/h11-13,16H,5-8H2,1-4H3. The third-order valence-corrected chi connectivity index (χ3v) is 7.84. The Morgan fingerprint density at radius 3 is 2.70 bits per heavy atom. The minimum Gasteiger partial charge on any atom is -0.316 e. The predicted octanol–water partition coefficient (Wildman–Crippen LogP) is 3.14. The van der Waals surface area contributed by atoms with Crippen LogP contribution in [0.4, 0.5) is 0 Å². The molecule has 1 N–H and O–H groups in total. The van der Waals surface area contributed by atoms with Crippen LogP contribution in [-0.4, -0.2) is 44.9 Å². The molecule has 6 heteroatoms. The number of nitrogens with one attached hydrogen (secondary N) is 1. The van der Waals surface area contributed by atoms with Gasteiger partial charge in [0.05, 0.1) is 5.69 Å². The molecule has 3 atom stereocenters. The molecule has 0 spiro atoms. The first kappa shape index (κ1) is 16.5. The van der Waals surface area contributed by atoms with Gasteiger partial charge in [-0.15, -0.1) is 0 Å². The molecule has 1 aliphatic heterocycles. The summed E-state index contributed by atoms with van der Waals surface area (Å²) in [6.07, 6.45) is 2.20. The van der Waals surface area contributed by atoms with Gasteiger partial charge in [0, 0.05) is 40.7 Å². The highest BCUT2D eigenvalue weighted by Gasteiger charge is 2.32. The summed E-state index contributed by atoms with van der Waals surface area (Å²) in [6.45, 7) is 4.35. The van der Waals surface area contributed by atoms with Crippen molar-refractivity contribution in [2.75, 3.05) is 18.6 Å². The zero-order chi connectivity index (χ0) is 14.7. The number of nitrogens with zero attached hydrogens (tertiary/aromatic N) is 2. The lowest BCUT2D eigenvalue weighted by atomic mass is 10.0. The van der Waals surface area contributed by atoms with Gasteiger partial charge < -0.3 is 5.32 Å². The average molecular weight is 334 g/mol. The molecule has 1 aliphatic rings. The summed E-state index contributed by atoms with van der Waals surface area (Å²) < 4.78 is 1.78. The highest BCUT2D eigenvalue weighted by Crippen LogP contribution is 2.36. The summed E-state index contributed by atoms with van der Waals surface area (Å²) in [6, 6.07) is 0.457. The van der Waals surface area contributed by atoms with Crippen LogP contribution in [0.1, 0.15) is 24.6 Å². The van der Waals surface area contributed by atoms with Gasteiger partial charge in [-0.25, -0.2) is 0 Å². The number of aromatic nitrogens is 2. The molecule has 0 aromatic carbocycles. The van der Waals surface area contributed by atoms with Crippen LogP contribution >= 0.6 is 35.1 Å². The van der Waals surface area contributed by atoms with Crippen molar-refractivity contribution < 1.29 is 0 Å². The molecule has 2 heterocycles. The van der Waals surface area contributed by atoms with E-state index < -0.39 is 0 Å². The molecule has 0 amide bonds. The number of hydrogen-bond donors (Lipinski definition) is 1. The topological polar surface area (TPSA) is 29.9 Å². The maximum Gasteiger partial charge on any atom is 0.130 e. The molecule has 0 saturated carbocycles. The number of thioether (sulfide) groups is 2. The van der Waals surface area contributed by atoms with Gasteiger partial charge in [-0.05, 0) is 26.8 Å². The number of rotatable bonds is 5. The zero-order valence-electron chi connectivity index (χ0n) is 12.6. The minimum absolute atomic E-state index is 0.457. The second-order valence-corrected chi connectivity index (χ2v) is 8.22. The zero-order valence-corrected chi connectivity index (χ0v) is 15.0. The second-order valence-electron chi connectivity index (χ2n) is 5.23. The fraction of sp³-hybridized carbons (Fsp3) is 0.786. The summed E-state index contributed by atoms with van der Waals surface area (Å²) in [5.74, 6) is 2.53. The molecule has 3 nitrogen and oxygen atoms in total. The summed E-state index contributed by atoms with van der Waals surface area (Å²) >= 11 is 10.6. The van der Waals surface area contributed by atoms with Crippen molar-refractivity contribution in [2.45, 2.75) is 43.2 Å². The monoisotopic (exact) mass is 333 g/mol. The summed E-state index contributed by atoms with van der Waals surface area (Å²) in [5, 5.41) is 10.1. The molecule has 20 heavy (non-hydrogen) atoms. The SMILES string of the molecule is CCC1SCCSC1C(Cc1c(C)nn(C)c1Cl)NC. The predicted molar refractivity (Wildman–Crippen MR) is 92.3 cm³/mol. The van der Waals surface area contributed by atoms with E-state index in [1.54, 1.807) is 4.68 Å². The van der Waals surface area contributed by atoms with Gasteiger partial charge in [-0.2, -0.15) is 28.6 Å². The number of hydrogen-bond acceptors (Lipinski definition) is 4. The van der Waals surface area contributed by atoms with Crippen LogP contribution < -0.4 is 5.32 Å². The third kappa shape index (κ3) is 3.49. The normalized spacial score (nSPS) is 24.9. The van der Waals surface area contributed by atoms with E-state index in [4.69, 9.17) is 11.6 Å². The van der Waals surface area contributed by atoms with Crippen LogP contribution in [0.5, 0.6) is 0 Å². The van der Waals surface area contributed by atoms with Gasteiger partial charge >= 0.3 is 0 Å². The van der Waals surface area contributed by atoms with Crippen LogP contribution in [0.3, 0.4) is 0 Å². The maximum absolute atomic E-state index is 6.38. The molecule has 1 fully saturated rings. The van der Waals surface area contributed by atoms with Crippen molar-refractivity contribution in [3.8, 4) is 0 Å². The van der Waals surface area contributed by atoms with Crippen LogP contribution in [0.2, 0.25) is 5.15 Å². The molecular weight excluding hydrogens is 310 g/mol. The van der Waals surface area contributed by atoms with E-state index in [9.17, 15) is 0 Å². The van der Waals surface area contributed by atoms with E-state index in [1.807, 2.05) is 14.0 Å². The van der Waals surface area contributed by atoms with Crippen molar-refractivity contribution in [1.29, 1.82) is 0 Å². The maximum atomic E-state index is 6.38. The molecule has 1 aromatic heterocycles.